The summed E-state index contributed by atoms with van der Waals surface area (Å²) < 4.78 is 0. The number of aromatic nitrogens is 2. The number of amides is 1. The van der Waals surface area contributed by atoms with Crippen LogP contribution in [0.1, 0.15) is 25.7 Å². The number of nitrogens with one attached hydrogen (secondary N) is 1. The molecule has 5 nitrogen and oxygen atoms in total. The van der Waals surface area contributed by atoms with Gasteiger partial charge in [0, 0.05) is 38.4 Å². The van der Waals surface area contributed by atoms with Crippen molar-refractivity contribution in [3.8, 4) is 0 Å². The average molecular weight is 234 g/mol. The molecule has 1 aromatic rings. The van der Waals surface area contributed by atoms with Crippen molar-refractivity contribution < 1.29 is 4.79 Å². The van der Waals surface area contributed by atoms with E-state index in [0.717, 1.165) is 25.9 Å². The normalized spacial score (nSPS) is 15.6. The molecule has 92 valence electrons. The van der Waals surface area contributed by atoms with E-state index in [0.29, 0.717) is 18.9 Å². The molecule has 0 unspecified atom stereocenters. The maximum Gasteiger partial charge on any atom is 0.224 e. The lowest BCUT2D eigenvalue weighted by Crippen LogP contribution is -2.36. The summed E-state index contributed by atoms with van der Waals surface area (Å²) in [5, 5.41) is 3.04. The van der Waals surface area contributed by atoms with Gasteiger partial charge in [0.25, 0.3) is 0 Å². The summed E-state index contributed by atoms with van der Waals surface area (Å²) >= 11 is 0. The highest BCUT2D eigenvalue weighted by molar-refractivity contribution is 5.76. The van der Waals surface area contributed by atoms with E-state index in [-0.39, 0.29) is 5.91 Å². The molecule has 2 rings (SSSR count). The Balaban J connectivity index is 1.69. The van der Waals surface area contributed by atoms with Gasteiger partial charge in [0.15, 0.2) is 0 Å². The molecule has 2 heterocycles. The molecule has 0 bridgehead atoms. The highest BCUT2D eigenvalue weighted by Crippen LogP contribution is 2.09. The fourth-order valence-electron chi connectivity index (χ4n) is 1.97. The minimum atomic E-state index is 0.230. The van der Waals surface area contributed by atoms with E-state index >= 15 is 0 Å². The largest absolute Gasteiger partial charge is 0.354 e. The highest BCUT2D eigenvalue weighted by Gasteiger charge is 2.15. The van der Waals surface area contributed by atoms with Gasteiger partial charge >= 0.3 is 0 Å². The predicted octanol–water partition coefficient (Wildman–Crippen LogP) is 1.29. The van der Waals surface area contributed by atoms with Crippen molar-refractivity contribution in [2.75, 3.05) is 25.0 Å². The molecule has 1 N–H and O–H groups in total. The summed E-state index contributed by atoms with van der Waals surface area (Å²) in [5.41, 5.74) is 0. The highest BCUT2D eigenvalue weighted by atomic mass is 16.2. The molecule has 1 aliphatic rings. The quantitative estimate of drug-likeness (QED) is 0.853. The Labute approximate surface area is 101 Å². The summed E-state index contributed by atoms with van der Waals surface area (Å²) in [4.78, 5) is 21.9. The molecule has 0 aliphatic carbocycles. The predicted molar refractivity (Wildman–Crippen MR) is 65.6 cm³/mol. The third-order valence-corrected chi connectivity index (χ3v) is 2.90. The molecule has 1 amide bonds. The van der Waals surface area contributed by atoms with Crippen LogP contribution in [-0.4, -0.2) is 40.4 Å². The molecule has 1 fully saturated rings. The van der Waals surface area contributed by atoms with E-state index in [1.54, 1.807) is 18.5 Å². The van der Waals surface area contributed by atoms with Gasteiger partial charge in [-0.15, -0.1) is 0 Å². The van der Waals surface area contributed by atoms with Crippen LogP contribution >= 0.6 is 0 Å². The summed E-state index contributed by atoms with van der Waals surface area (Å²) in [6.07, 6.45) is 7.41. The standard InChI is InChI=1S/C12H18N4O/c17-11(16-9-2-1-3-10-16)5-8-15-12-13-6-4-7-14-12/h4,6-7H,1-3,5,8-10H2,(H,13,14,15). The van der Waals surface area contributed by atoms with Gasteiger partial charge in [-0.25, -0.2) is 9.97 Å². The first-order valence-corrected chi connectivity index (χ1v) is 6.15. The number of piperidine rings is 1. The molecule has 17 heavy (non-hydrogen) atoms. The number of carbonyl (C=O) groups is 1. The third kappa shape index (κ3) is 3.69. The van der Waals surface area contributed by atoms with Gasteiger partial charge in [-0.2, -0.15) is 0 Å². The van der Waals surface area contributed by atoms with E-state index in [1.807, 2.05) is 4.90 Å². The number of nitrogens with zero attached hydrogens (tertiary/aromatic N) is 3. The maximum absolute atomic E-state index is 11.8. The Hall–Kier alpha value is -1.65. The number of anilines is 1. The molecule has 0 atom stereocenters. The Bertz CT molecular complexity index is 349. The molecular formula is C12H18N4O. The average Bonchev–Trinajstić information content (AvgIpc) is 2.41. The molecule has 1 aliphatic heterocycles. The lowest BCUT2D eigenvalue weighted by Gasteiger charge is -2.26. The fourth-order valence-corrected chi connectivity index (χ4v) is 1.97. The van der Waals surface area contributed by atoms with Gasteiger partial charge in [0.2, 0.25) is 11.9 Å². The van der Waals surface area contributed by atoms with E-state index in [9.17, 15) is 4.79 Å². The van der Waals surface area contributed by atoms with Crippen molar-refractivity contribution in [2.45, 2.75) is 25.7 Å². The van der Waals surface area contributed by atoms with E-state index in [4.69, 9.17) is 0 Å². The zero-order chi connectivity index (χ0) is 11.9. The van der Waals surface area contributed by atoms with Gasteiger partial charge in [0.05, 0.1) is 0 Å². The van der Waals surface area contributed by atoms with E-state index in [1.165, 1.54) is 6.42 Å². The minimum absolute atomic E-state index is 0.230. The van der Waals surface area contributed by atoms with Crippen LogP contribution in [0.3, 0.4) is 0 Å². The topological polar surface area (TPSA) is 58.1 Å². The first-order chi connectivity index (χ1) is 8.36. The van der Waals surface area contributed by atoms with Gasteiger partial charge in [-0.05, 0) is 25.3 Å². The molecule has 5 heteroatoms. The smallest absolute Gasteiger partial charge is 0.224 e. The first kappa shape index (κ1) is 11.8. The summed E-state index contributed by atoms with van der Waals surface area (Å²) in [7, 11) is 0. The van der Waals surface area contributed by atoms with Crippen LogP contribution in [0.5, 0.6) is 0 Å². The van der Waals surface area contributed by atoms with Gasteiger partial charge in [0.1, 0.15) is 0 Å². The summed E-state index contributed by atoms with van der Waals surface area (Å²) in [6.45, 7) is 2.43. The monoisotopic (exact) mass is 234 g/mol. The van der Waals surface area contributed by atoms with Crippen molar-refractivity contribution in [3.05, 3.63) is 18.5 Å². The molecule has 0 radical (unpaired) electrons. The Morgan fingerprint density at radius 1 is 1.24 bits per heavy atom. The van der Waals surface area contributed by atoms with Crippen LogP contribution in [0.25, 0.3) is 0 Å². The SMILES string of the molecule is O=C(CCNc1ncccn1)N1CCCCC1. The zero-order valence-corrected chi connectivity index (χ0v) is 9.93. The third-order valence-electron chi connectivity index (χ3n) is 2.90. The lowest BCUT2D eigenvalue weighted by atomic mass is 10.1. The van der Waals surface area contributed by atoms with E-state index < -0.39 is 0 Å². The fraction of sp³-hybridized carbons (Fsp3) is 0.583. The number of hydrogen-bond acceptors (Lipinski definition) is 4. The maximum atomic E-state index is 11.8. The Kier molecular flexibility index (Phi) is 4.30. The number of carbonyl (C=O) groups excluding carboxylic acids is 1. The van der Waals surface area contributed by atoms with Crippen LogP contribution < -0.4 is 5.32 Å². The molecule has 0 saturated carbocycles. The Morgan fingerprint density at radius 2 is 1.94 bits per heavy atom. The van der Waals surface area contributed by atoms with E-state index in [2.05, 4.69) is 15.3 Å². The van der Waals surface area contributed by atoms with Crippen molar-refractivity contribution in [3.63, 3.8) is 0 Å². The lowest BCUT2D eigenvalue weighted by molar-refractivity contribution is -0.131. The van der Waals surface area contributed by atoms with Crippen LogP contribution in [0, 0.1) is 0 Å². The first-order valence-electron chi connectivity index (χ1n) is 6.15. The molecular weight excluding hydrogens is 216 g/mol. The Morgan fingerprint density at radius 3 is 2.65 bits per heavy atom. The van der Waals surface area contributed by atoms with Gasteiger partial charge < -0.3 is 10.2 Å². The van der Waals surface area contributed by atoms with Crippen molar-refractivity contribution in [2.24, 2.45) is 0 Å². The second-order valence-corrected chi connectivity index (χ2v) is 4.19. The molecule has 0 aromatic carbocycles. The number of rotatable bonds is 4. The van der Waals surface area contributed by atoms with Crippen molar-refractivity contribution in [1.82, 2.24) is 14.9 Å². The molecule has 1 saturated heterocycles. The van der Waals surface area contributed by atoms with Gasteiger partial charge in [-0.3, -0.25) is 4.79 Å². The second-order valence-electron chi connectivity index (χ2n) is 4.19. The summed E-state index contributed by atoms with van der Waals surface area (Å²) in [5.74, 6) is 0.812. The summed E-state index contributed by atoms with van der Waals surface area (Å²) in [6, 6.07) is 1.77. The van der Waals surface area contributed by atoms with Crippen molar-refractivity contribution in [1.29, 1.82) is 0 Å². The van der Waals surface area contributed by atoms with Crippen LogP contribution in [-0.2, 0) is 4.79 Å². The van der Waals surface area contributed by atoms with Gasteiger partial charge in [-0.1, -0.05) is 0 Å². The molecule has 0 spiro atoms. The number of likely N-dealkylation sites (tertiary alicyclic amines) is 1. The second kappa shape index (κ2) is 6.18. The van der Waals surface area contributed by atoms with Crippen LogP contribution in [0.2, 0.25) is 0 Å². The van der Waals surface area contributed by atoms with Crippen molar-refractivity contribution >= 4 is 11.9 Å². The molecule has 1 aromatic heterocycles. The zero-order valence-electron chi connectivity index (χ0n) is 9.93. The van der Waals surface area contributed by atoms with Crippen LogP contribution in [0.4, 0.5) is 5.95 Å². The van der Waals surface area contributed by atoms with Crippen LogP contribution in [0.15, 0.2) is 18.5 Å². The minimum Gasteiger partial charge on any atom is -0.354 e. The number of hydrogen-bond donors (Lipinski definition) is 1.